The summed E-state index contributed by atoms with van der Waals surface area (Å²) in [5, 5.41) is 7.00. The highest BCUT2D eigenvalue weighted by atomic mass is 35.5. The Labute approximate surface area is 113 Å². The topological polar surface area (TPSA) is 41.1 Å². The van der Waals surface area contributed by atoms with Crippen LogP contribution in [0, 0.1) is 6.92 Å². The van der Waals surface area contributed by atoms with E-state index < -0.39 is 0 Å². The van der Waals surface area contributed by atoms with E-state index in [-0.39, 0.29) is 11.9 Å². The summed E-state index contributed by atoms with van der Waals surface area (Å²) in [5.74, 6) is 0.116. The highest BCUT2D eigenvalue weighted by Gasteiger charge is 2.19. The molecule has 2 rings (SSSR count). The lowest BCUT2D eigenvalue weighted by atomic mass is 10.1. The molecule has 1 aliphatic heterocycles. The summed E-state index contributed by atoms with van der Waals surface area (Å²) in [6.07, 6.45) is 3.07. The first-order valence-corrected chi connectivity index (χ1v) is 6.81. The fourth-order valence-corrected chi connectivity index (χ4v) is 2.32. The molecule has 1 atom stereocenters. The number of carbonyl (C=O) groups excluding carboxylic acids is 1. The van der Waals surface area contributed by atoms with Gasteiger partial charge in [-0.2, -0.15) is 0 Å². The van der Waals surface area contributed by atoms with Crippen LogP contribution < -0.4 is 10.6 Å². The second kappa shape index (κ2) is 6.21. The first-order chi connectivity index (χ1) is 8.66. The van der Waals surface area contributed by atoms with E-state index in [9.17, 15) is 4.79 Å². The zero-order chi connectivity index (χ0) is 13.0. The molecule has 1 saturated heterocycles. The van der Waals surface area contributed by atoms with E-state index >= 15 is 0 Å². The zero-order valence-electron chi connectivity index (χ0n) is 10.6. The van der Waals surface area contributed by atoms with E-state index in [0.29, 0.717) is 6.54 Å². The molecule has 4 heteroatoms. The number of nitrogens with one attached hydrogen (secondary N) is 2. The number of hydrogen-bond acceptors (Lipinski definition) is 2. The Morgan fingerprint density at radius 2 is 2.28 bits per heavy atom. The maximum Gasteiger partial charge on any atom is 0.237 e. The normalized spacial score (nSPS) is 20.3. The number of carbonyl (C=O) groups is 1. The van der Waals surface area contributed by atoms with E-state index in [1.165, 1.54) is 0 Å². The molecule has 1 aromatic rings. The Bertz CT molecular complexity index is 434. The minimum atomic E-state index is -0.0763. The van der Waals surface area contributed by atoms with Gasteiger partial charge in [0, 0.05) is 18.1 Å². The van der Waals surface area contributed by atoms with E-state index in [1.807, 2.05) is 25.1 Å². The Balaban J connectivity index is 1.93. The van der Waals surface area contributed by atoms with Gasteiger partial charge < -0.3 is 10.6 Å². The van der Waals surface area contributed by atoms with Gasteiger partial charge in [-0.25, -0.2) is 0 Å². The Morgan fingerprint density at radius 1 is 1.44 bits per heavy atom. The summed E-state index contributed by atoms with van der Waals surface area (Å²) in [4.78, 5) is 11.8. The summed E-state index contributed by atoms with van der Waals surface area (Å²) in [6.45, 7) is 3.46. The van der Waals surface area contributed by atoms with Crippen LogP contribution >= 0.6 is 11.6 Å². The van der Waals surface area contributed by atoms with E-state index in [0.717, 1.165) is 42.0 Å². The van der Waals surface area contributed by atoms with Crippen LogP contribution in [-0.4, -0.2) is 18.5 Å². The molecule has 1 aromatic carbocycles. The number of halogens is 1. The van der Waals surface area contributed by atoms with Gasteiger partial charge in [0.2, 0.25) is 5.91 Å². The van der Waals surface area contributed by atoms with Crippen molar-refractivity contribution in [2.75, 3.05) is 6.54 Å². The maximum absolute atomic E-state index is 11.8. The third-order valence-corrected chi connectivity index (χ3v) is 3.73. The molecule has 1 heterocycles. The third-order valence-electron chi connectivity index (χ3n) is 3.32. The molecule has 1 aliphatic rings. The molecule has 98 valence electrons. The van der Waals surface area contributed by atoms with Crippen LogP contribution in [0.4, 0.5) is 0 Å². The van der Waals surface area contributed by atoms with Gasteiger partial charge in [0.15, 0.2) is 0 Å². The predicted molar refractivity (Wildman–Crippen MR) is 73.7 cm³/mol. The average molecular weight is 267 g/mol. The Kier molecular flexibility index (Phi) is 4.61. The van der Waals surface area contributed by atoms with Gasteiger partial charge in [0.1, 0.15) is 0 Å². The van der Waals surface area contributed by atoms with Gasteiger partial charge >= 0.3 is 0 Å². The second-order valence-corrected chi connectivity index (χ2v) is 5.21. The van der Waals surface area contributed by atoms with Crippen molar-refractivity contribution >= 4 is 17.5 Å². The van der Waals surface area contributed by atoms with Gasteiger partial charge in [-0.3, -0.25) is 4.79 Å². The lowest BCUT2D eigenvalue weighted by Crippen LogP contribution is -2.42. The molecular weight excluding hydrogens is 248 g/mol. The lowest BCUT2D eigenvalue weighted by molar-refractivity contribution is -0.122. The molecule has 3 nitrogen and oxygen atoms in total. The molecule has 0 aromatic heterocycles. The lowest BCUT2D eigenvalue weighted by Gasteiger charge is -2.15. The van der Waals surface area contributed by atoms with Crippen LogP contribution in [0.25, 0.3) is 0 Å². The summed E-state index contributed by atoms with van der Waals surface area (Å²) < 4.78 is 0. The quantitative estimate of drug-likeness (QED) is 0.882. The fourth-order valence-electron chi connectivity index (χ4n) is 2.12. The summed E-state index contributed by atoms with van der Waals surface area (Å²) in [5.41, 5.74) is 2.19. The SMILES string of the molecule is Cc1ccc(CNC2CCCCNC2=O)cc1Cl. The average Bonchev–Trinajstić information content (AvgIpc) is 2.56. The number of amides is 1. The standard InChI is InChI=1S/C14H19ClN2O/c1-10-5-6-11(8-12(10)15)9-17-13-4-2-3-7-16-14(13)18/h5-6,8,13,17H,2-4,7,9H2,1H3,(H,16,18). The molecule has 0 radical (unpaired) electrons. The maximum atomic E-state index is 11.8. The van der Waals surface area contributed by atoms with Crippen molar-refractivity contribution in [2.45, 2.75) is 38.8 Å². The van der Waals surface area contributed by atoms with Crippen molar-refractivity contribution in [1.29, 1.82) is 0 Å². The smallest absolute Gasteiger partial charge is 0.237 e. The van der Waals surface area contributed by atoms with Crippen LogP contribution in [0.3, 0.4) is 0 Å². The van der Waals surface area contributed by atoms with Gasteiger partial charge in [-0.15, -0.1) is 0 Å². The van der Waals surface area contributed by atoms with Crippen LogP contribution in [0.2, 0.25) is 5.02 Å². The Morgan fingerprint density at radius 3 is 3.06 bits per heavy atom. The molecular formula is C14H19ClN2O. The predicted octanol–water partition coefficient (Wildman–Crippen LogP) is 2.41. The van der Waals surface area contributed by atoms with Crippen LogP contribution in [0.1, 0.15) is 30.4 Å². The highest BCUT2D eigenvalue weighted by Crippen LogP contribution is 2.17. The minimum absolute atomic E-state index is 0.0763. The Hall–Kier alpha value is -1.06. The zero-order valence-corrected chi connectivity index (χ0v) is 11.4. The van der Waals surface area contributed by atoms with Gasteiger partial charge in [-0.1, -0.05) is 23.7 Å². The first kappa shape index (κ1) is 13.4. The van der Waals surface area contributed by atoms with Crippen LogP contribution in [0.15, 0.2) is 18.2 Å². The van der Waals surface area contributed by atoms with Gasteiger partial charge in [0.05, 0.1) is 6.04 Å². The third kappa shape index (κ3) is 3.47. The van der Waals surface area contributed by atoms with Crippen LogP contribution in [0.5, 0.6) is 0 Å². The van der Waals surface area contributed by atoms with Crippen molar-refractivity contribution in [1.82, 2.24) is 10.6 Å². The van der Waals surface area contributed by atoms with Crippen molar-refractivity contribution in [3.8, 4) is 0 Å². The largest absolute Gasteiger partial charge is 0.355 e. The summed E-state index contributed by atoms with van der Waals surface area (Å²) in [6, 6.07) is 5.93. The molecule has 0 saturated carbocycles. The molecule has 0 aliphatic carbocycles. The number of rotatable bonds is 3. The van der Waals surface area contributed by atoms with Crippen molar-refractivity contribution in [3.05, 3.63) is 34.3 Å². The highest BCUT2D eigenvalue weighted by molar-refractivity contribution is 6.31. The molecule has 0 spiro atoms. The van der Waals surface area contributed by atoms with Crippen molar-refractivity contribution in [3.63, 3.8) is 0 Å². The van der Waals surface area contributed by atoms with E-state index in [1.54, 1.807) is 0 Å². The molecule has 2 N–H and O–H groups in total. The monoisotopic (exact) mass is 266 g/mol. The van der Waals surface area contributed by atoms with Crippen LogP contribution in [-0.2, 0) is 11.3 Å². The summed E-state index contributed by atoms with van der Waals surface area (Å²) >= 11 is 6.08. The van der Waals surface area contributed by atoms with Gasteiger partial charge in [0.25, 0.3) is 0 Å². The summed E-state index contributed by atoms with van der Waals surface area (Å²) in [7, 11) is 0. The number of aryl methyl sites for hydroxylation is 1. The van der Waals surface area contributed by atoms with Crippen molar-refractivity contribution in [2.24, 2.45) is 0 Å². The van der Waals surface area contributed by atoms with E-state index in [4.69, 9.17) is 11.6 Å². The van der Waals surface area contributed by atoms with Crippen molar-refractivity contribution < 1.29 is 4.79 Å². The molecule has 1 unspecified atom stereocenters. The molecule has 0 bridgehead atoms. The first-order valence-electron chi connectivity index (χ1n) is 6.43. The number of benzene rings is 1. The minimum Gasteiger partial charge on any atom is -0.355 e. The van der Waals surface area contributed by atoms with E-state index in [2.05, 4.69) is 10.6 Å². The van der Waals surface area contributed by atoms with Gasteiger partial charge in [-0.05, 0) is 43.4 Å². The second-order valence-electron chi connectivity index (χ2n) is 4.80. The molecule has 1 amide bonds. The number of hydrogen-bond donors (Lipinski definition) is 2. The fraction of sp³-hybridized carbons (Fsp3) is 0.500. The molecule has 18 heavy (non-hydrogen) atoms. The molecule has 1 fully saturated rings.